The lowest BCUT2D eigenvalue weighted by Gasteiger charge is -2.19. The van der Waals surface area contributed by atoms with Crippen molar-refractivity contribution < 1.29 is 14.6 Å². The minimum atomic E-state index is -0.422. The molecule has 1 aromatic heterocycles. The number of amides is 1. The Morgan fingerprint density at radius 3 is 2.60 bits per heavy atom. The van der Waals surface area contributed by atoms with Gasteiger partial charge < -0.3 is 15.2 Å². The van der Waals surface area contributed by atoms with Crippen LogP contribution in [0.25, 0.3) is 10.6 Å². The monoisotopic (exact) mass is 362 g/mol. The first-order valence-corrected chi connectivity index (χ1v) is 9.29. The van der Waals surface area contributed by atoms with Gasteiger partial charge in [-0.2, -0.15) is 0 Å². The first kappa shape index (κ1) is 19.4. The van der Waals surface area contributed by atoms with Crippen LogP contribution in [-0.2, 0) is 17.8 Å². The minimum absolute atomic E-state index is 0.221. The van der Waals surface area contributed by atoms with Crippen LogP contribution in [0.5, 0.6) is 0 Å². The van der Waals surface area contributed by atoms with Crippen molar-refractivity contribution in [2.45, 2.75) is 52.2 Å². The number of aromatic nitrogens is 1. The molecule has 0 aliphatic rings. The van der Waals surface area contributed by atoms with E-state index >= 15 is 0 Å². The van der Waals surface area contributed by atoms with Gasteiger partial charge >= 0.3 is 6.09 Å². The third kappa shape index (κ3) is 6.84. The Morgan fingerprint density at radius 1 is 1.24 bits per heavy atom. The number of benzene rings is 1. The Bertz CT molecular complexity index is 675. The summed E-state index contributed by atoms with van der Waals surface area (Å²) in [5.41, 5.74) is 2.01. The average Bonchev–Trinajstić information content (AvgIpc) is 3.01. The summed E-state index contributed by atoms with van der Waals surface area (Å²) in [7, 11) is 0. The first-order valence-electron chi connectivity index (χ1n) is 8.47. The number of unbranched alkanes of at least 4 members (excludes halogenated alkanes) is 1. The number of hydrogen-bond acceptors (Lipinski definition) is 5. The summed E-state index contributed by atoms with van der Waals surface area (Å²) in [5.74, 6) is 0. The molecule has 0 aliphatic heterocycles. The van der Waals surface area contributed by atoms with Crippen molar-refractivity contribution in [1.29, 1.82) is 0 Å². The summed E-state index contributed by atoms with van der Waals surface area (Å²) in [6.45, 7) is 6.19. The third-order valence-corrected chi connectivity index (χ3v) is 4.47. The maximum absolute atomic E-state index is 11.7. The van der Waals surface area contributed by atoms with Gasteiger partial charge in [-0.3, -0.25) is 0 Å². The molecule has 0 fully saturated rings. The van der Waals surface area contributed by atoms with Crippen LogP contribution < -0.4 is 5.32 Å². The molecule has 6 heteroatoms. The molecular weight excluding hydrogens is 336 g/mol. The van der Waals surface area contributed by atoms with E-state index < -0.39 is 6.09 Å². The fraction of sp³-hybridized carbons (Fsp3) is 0.474. The fourth-order valence-electron chi connectivity index (χ4n) is 2.24. The molecule has 2 aromatic rings. The Kier molecular flexibility index (Phi) is 6.96. The summed E-state index contributed by atoms with van der Waals surface area (Å²) in [6.07, 6.45) is 4.13. The van der Waals surface area contributed by atoms with Crippen molar-refractivity contribution in [2.75, 3.05) is 6.61 Å². The number of carbonyl (C=O) groups is 1. The fourth-order valence-corrected chi connectivity index (χ4v) is 3.07. The van der Waals surface area contributed by atoms with E-state index in [1.807, 2.05) is 20.8 Å². The number of nitrogens with zero attached hydrogens (tertiary/aromatic N) is 1. The molecule has 0 atom stereocenters. The first-order chi connectivity index (χ1) is 11.9. The van der Waals surface area contributed by atoms with Gasteiger partial charge in [0.2, 0.25) is 0 Å². The van der Waals surface area contributed by atoms with Gasteiger partial charge in [-0.05, 0) is 45.6 Å². The topological polar surface area (TPSA) is 71.5 Å². The van der Waals surface area contributed by atoms with Crippen LogP contribution in [0.2, 0.25) is 0 Å². The van der Waals surface area contributed by atoms with E-state index in [-0.39, 0.29) is 18.8 Å². The Morgan fingerprint density at radius 2 is 1.96 bits per heavy atom. The van der Waals surface area contributed by atoms with Crippen molar-refractivity contribution in [3.05, 3.63) is 40.9 Å². The van der Waals surface area contributed by atoms with Crippen LogP contribution in [0.3, 0.4) is 0 Å². The van der Waals surface area contributed by atoms with Gasteiger partial charge in [-0.25, -0.2) is 9.78 Å². The van der Waals surface area contributed by atoms with E-state index in [0.717, 1.165) is 34.7 Å². The number of aliphatic hydroxyl groups is 1. The molecule has 0 saturated heterocycles. The van der Waals surface area contributed by atoms with Gasteiger partial charge in [0.25, 0.3) is 0 Å². The van der Waals surface area contributed by atoms with Crippen molar-refractivity contribution in [3.63, 3.8) is 0 Å². The summed E-state index contributed by atoms with van der Waals surface area (Å²) < 4.78 is 5.23. The molecule has 1 aromatic carbocycles. The number of rotatable bonds is 7. The number of carbonyl (C=O) groups excluding carboxylic acids is 1. The summed E-state index contributed by atoms with van der Waals surface area (Å²) in [5, 5.41) is 12.5. The number of hydrogen-bond donors (Lipinski definition) is 2. The molecule has 2 N–H and O–H groups in total. The van der Waals surface area contributed by atoms with Crippen LogP contribution in [-0.4, -0.2) is 28.3 Å². The van der Waals surface area contributed by atoms with Crippen LogP contribution >= 0.6 is 11.3 Å². The van der Waals surface area contributed by atoms with E-state index in [9.17, 15) is 4.79 Å². The molecule has 2 rings (SSSR count). The number of aliphatic hydroxyl groups excluding tert-OH is 1. The number of aryl methyl sites for hydroxylation is 1. The predicted octanol–water partition coefficient (Wildman–Crippen LogP) is 4.15. The van der Waals surface area contributed by atoms with Gasteiger partial charge in [0, 0.05) is 23.9 Å². The van der Waals surface area contributed by atoms with Gasteiger partial charge in [0.1, 0.15) is 11.6 Å². The lowest BCUT2D eigenvalue weighted by molar-refractivity contribution is 0.132. The highest BCUT2D eigenvalue weighted by Gasteiger charge is 2.15. The lowest BCUT2D eigenvalue weighted by Crippen LogP contribution is -2.40. The quantitative estimate of drug-likeness (QED) is 0.726. The van der Waals surface area contributed by atoms with Crippen molar-refractivity contribution >= 4 is 17.4 Å². The Labute approximate surface area is 153 Å². The highest BCUT2D eigenvalue weighted by Crippen LogP contribution is 2.26. The third-order valence-electron chi connectivity index (χ3n) is 3.45. The SMILES string of the molecule is CC(C)(C)NC(=O)OCc1cnc(-c2ccc(CCCCO)cc2)s1. The van der Waals surface area contributed by atoms with Crippen molar-refractivity contribution in [3.8, 4) is 10.6 Å². The zero-order valence-corrected chi connectivity index (χ0v) is 15.9. The van der Waals surface area contributed by atoms with E-state index in [1.165, 1.54) is 16.9 Å². The zero-order chi connectivity index (χ0) is 18.3. The van der Waals surface area contributed by atoms with Crippen LogP contribution in [0.1, 0.15) is 44.1 Å². The van der Waals surface area contributed by atoms with E-state index in [0.29, 0.717) is 0 Å². The van der Waals surface area contributed by atoms with Crippen LogP contribution in [0.15, 0.2) is 30.5 Å². The molecule has 0 bridgehead atoms. The van der Waals surface area contributed by atoms with Crippen molar-refractivity contribution in [1.82, 2.24) is 10.3 Å². The molecule has 0 saturated carbocycles. The molecule has 0 unspecified atom stereocenters. The number of nitrogens with one attached hydrogen (secondary N) is 1. The van der Waals surface area contributed by atoms with E-state index in [4.69, 9.17) is 9.84 Å². The van der Waals surface area contributed by atoms with E-state index in [1.54, 1.807) is 6.20 Å². The molecule has 136 valence electrons. The Balaban J connectivity index is 1.89. The summed E-state index contributed by atoms with van der Waals surface area (Å²) in [6, 6.07) is 8.32. The summed E-state index contributed by atoms with van der Waals surface area (Å²) >= 11 is 1.52. The molecule has 0 aliphatic carbocycles. The standard InChI is InChI=1S/C19H26N2O3S/c1-19(2,3)21-18(23)24-13-16-12-20-17(25-16)15-9-7-14(8-10-15)6-4-5-11-22/h7-10,12,22H,4-6,11,13H2,1-3H3,(H,21,23). The summed E-state index contributed by atoms with van der Waals surface area (Å²) in [4.78, 5) is 17.0. The largest absolute Gasteiger partial charge is 0.444 e. The van der Waals surface area contributed by atoms with Gasteiger partial charge in [0.05, 0.1) is 4.88 Å². The smallest absolute Gasteiger partial charge is 0.407 e. The molecule has 1 amide bonds. The average molecular weight is 362 g/mol. The molecule has 1 heterocycles. The van der Waals surface area contributed by atoms with Gasteiger partial charge in [0.15, 0.2) is 0 Å². The van der Waals surface area contributed by atoms with Gasteiger partial charge in [-0.1, -0.05) is 24.3 Å². The zero-order valence-electron chi connectivity index (χ0n) is 15.0. The second-order valence-electron chi connectivity index (χ2n) is 6.96. The second kappa shape index (κ2) is 8.97. The van der Waals surface area contributed by atoms with Crippen LogP contribution in [0, 0.1) is 0 Å². The Hall–Kier alpha value is -1.92. The maximum atomic E-state index is 11.7. The predicted molar refractivity (Wildman–Crippen MR) is 101 cm³/mol. The maximum Gasteiger partial charge on any atom is 0.407 e. The molecule has 5 nitrogen and oxygen atoms in total. The normalized spacial score (nSPS) is 11.4. The highest BCUT2D eigenvalue weighted by molar-refractivity contribution is 7.15. The highest BCUT2D eigenvalue weighted by atomic mass is 32.1. The molecule has 0 radical (unpaired) electrons. The lowest BCUT2D eigenvalue weighted by atomic mass is 10.1. The van der Waals surface area contributed by atoms with Crippen LogP contribution in [0.4, 0.5) is 4.79 Å². The minimum Gasteiger partial charge on any atom is -0.444 e. The second-order valence-corrected chi connectivity index (χ2v) is 8.08. The number of thiazole rings is 1. The number of ether oxygens (including phenoxy) is 1. The molecular formula is C19H26N2O3S. The van der Waals surface area contributed by atoms with Crippen molar-refractivity contribution in [2.24, 2.45) is 0 Å². The molecule has 0 spiro atoms. The number of alkyl carbamates (subject to hydrolysis) is 1. The molecule has 25 heavy (non-hydrogen) atoms. The van der Waals surface area contributed by atoms with Gasteiger partial charge in [-0.15, -0.1) is 11.3 Å². The van der Waals surface area contributed by atoms with E-state index in [2.05, 4.69) is 34.6 Å².